The lowest BCUT2D eigenvalue weighted by Gasteiger charge is -2.05. The molecule has 1 aliphatic heterocycles. The van der Waals surface area contributed by atoms with E-state index in [0.717, 1.165) is 28.2 Å². The highest BCUT2D eigenvalue weighted by Gasteiger charge is 2.25. The molecule has 1 aliphatic rings. The zero-order chi connectivity index (χ0) is 21.3. The SMILES string of the molecule is COc1cc(C=C2SC(=Nc3cccc4ccccc34)NC2=O)cc([N+](=O)[O-])c1O. The van der Waals surface area contributed by atoms with Gasteiger partial charge >= 0.3 is 5.69 Å². The second kappa shape index (κ2) is 7.88. The van der Waals surface area contributed by atoms with E-state index in [0.29, 0.717) is 15.6 Å². The molecule has 1 fully saturated rings. The van der Waals surface area contributed by atoms with Crippen LogP contribution in [0.4, 0.5) is 11.4 Å². The molecular weight excluding hydrogens is 406 g/mol. The Morgan fingerprint density at radius 3 is 2.73 bits per heavy atom. The van der Waals surface area contributed by atoms with Crippen molar-refractivity contribution in [2.75, 3.05) is 7.11 Å². The van der Waals surface area contributed by atoms with E-state index >= 15 is 0 Å². The van der Waals surface area contributed by atoms with E-state index in [1.807, 2.05) is 42.5 Å². The zero-order valence-electron chi connectivity index (χ0n) is 15.7. The number of carbonyl (C=O) groups excluding carboxylic acids is 1. The minimum absolute atomic E-state index is 0.0518. The Balaban J connectivity index is 1.69. The third kappa shape index (κ3) is 3.70. The fourth-order valence-electron chi connectivity index (χ4n) is 3.04. The number of methoxy groups -OCH3 is 1. The molecule has 4 rings (SSSR count). The minimum atomic E-state index is -0.713. The first-order valence-corrected chi connectivity index (χ1v) is 9.60. The number of aliphatic imine (C=N–C) groups is 1. The maximum absolute atomic E-state index is 12.4. The normalized spacial score (nSPS) is 16.2. The first-order chi connectivity index (χ1) is 14.5. The number of nitrogens with one attached hydrogen (secondary N) is 1. The van der Waals surface area contributed by atoms with Crippen molar-refractivity contribution in [3.8, 4) is 11.5 Å². The molecule has 3 aromatic rings. The van der Waals surface area contributed by atoms with Crippen LogP contribution >= 0.6 is 11.8 Å². The van der Waals surface area contributed by atoms with Crippen LogP contribution in [0.2, 0.25) is 0 Å². The van der Waals surface area contributed by atoms with Gasteiger partial charge in [-0.1, -0.05) is 36.4 Å². The van der Waals surface area contributed by atoms with E-state index in [4.69, 9.17) is 4.74 Å². The van der Waals surface area contributed by atoms with Crippen molar-refractivity contribution >= 4 is 51.1 Å². The highest BCUT2D eigenvalue weighted by Crippen LogP contribution is 2.38. The number of phenolic OH excluding ortho intramolecular Hbond substituents is 1. The maximum atomic E-state index is 12.4. The zero-order valence-corrected chi connectivity index (χ0v) is 16.5. The Hall–Kier alpha value is -3.85. The van der Waals surface area contributed by atoms with Crippen LogP contribution in [0.1, 0.15) is 5.56 Å². The Kier molecular flexibility index (Phi) is 5.11. The van der Waals surface area contributed by atoms with Gasteiger partial charge in [0.15, 0.2) is 10.9 Å². The van der Waals surface area contributed by atoms with Crippen LogP contribution < -0.4 is 10.1 Å². The van der Waals surface area contributed by atoms with Crippen LogP contribution in [0.25, 0.3) is 16.8 Å². The molecule has 0 aromatic heterocycles. The van der Waals surface area contributed by atoms with Gasteiger partial charge in [-0.15, -0.1) is 0 Å². The molecule has 0 saturated carbocycles. The van der Waals surface area contributed by atoms with Gasteiger partial charge in [0.05, 0.1) is 22.6 Å². The van der Waals surface area contributed by atoms with Crippen molar-refractivity contribution < 1.29 is 19.6 Å². The van der Waals surface area contributed by atoms with Crippen LogP contribution in [0.5, 0.6) is 11.5 Å². The third-order valence-corrected chi connectivity index (χ3v) is 5.34. The number of fused-ring (bicyclic) bond motifs is 1. The van der Waals surface area contributed by atoms with Crippen molar-refractivity contribution in [3.05, 3.63) is 75.2 Å². The van der Waals surface area contributed by atoms with Crippen molar-refractivity contribution in [1.29, 1.82) is 0 Å². The van der Waals surface area contributed by atoms with Crippen LogP contribution in [0, 0.1) is 10.1 Å². The number of nitro groups is 1. The van der Waals surface area contributed by atoms with E-state index in [-0.39, 0.29) is 11.7 Å². The number of amidine groups is 1. The lowest BCUT2D eigenvalue weighted by atomic mass is 10.1. The van der Waals surface area contributed by atoms with Crippen molar-refractivity contribution in [3.63, 3.8) is 0 Å². The molecule has 0 spiro atoms. The lowest BCUT2D eigenvalue weighted by molar-refractivity contribution is -0.386. The molecule has 1 amide bonds. The van der Waals surface area contributed by atoms with E-state index in [1.54, 1.807) is 0 Å². The summed E-state index contributed by atoms with van der Waals surface area (Å²) in [7, 11) is 1.29. The van der Waals surface area contributed by atoms with Gasteiger partial charge in [-0.2, -0.15) is 0 Å². The third-order valence-electron chi connectivity index (χ3n) is 4.43. The van der Waals surface area contributed by atoms with Crippen molar-refractivity contribution in [2.45, 2.75) is 0 Å². The number of hydrogen-bond donors (Lipinski definition) is 2. The molecular formula is C21H15N3O5S. The fraction of sp³-hybridized carbons (Fsp3) is 0.0476. The number of nitrogens with zero attached hydrogens (tertiary/aromatic N) is 2. The van der Waals surface area contributed by atoms with Crippen molar-refractivity contribution in [2.24, 2.45) is 4.99 Å². The van der Waals surface area contributed by atoms with Gasteiger partial charge in [0.2, 0.25) is 5.75 Å². The van der Waals surface area contributed by atoms with Gasteiger partial charge in [-0.3, -0.25) is 14.9 Å². The van der Waals surface area contributed by atoms with E-state index in [9.17, 15) is 20.0 Å². The smallest absolute Gasteiger partial charge is 0.315 e. The van der Waals surface area contributed by atoms with E-state index in [2.05, 4.69) is 10.3 Å². The number of thioether (sulfide) groups is 1. The standard InChI is InChI=1S/C21H15N3O5S/c1-29-17-10-12(9-16(19(17)25)24(27)28)11-18-20(26)23-21(30-18)22-15-8-4-6-13-5-2-3-7-14(13)15/h2-11,25H,1H3,(H,22,23,26). The Morgan fingerprint density at radius 2 is 1.97 bits per heavy atom. The molecule has 150 valence electrons. The minimum Gasteiger partial charge on any atom is -0.500 e. The van der Waals surface area contributed by atoms with Gasteiger partial charge in [-0.05, 0) is 40.9 Å². The predicted octanol–water partition coefficient (Wildman–Crippen LogP) is 4.35. The molecule has 0 bridgehead atoms. The fourth-order valence-corrected chi connectivity index (χ4v) is 3.87. The molecule has 1 heterocycles. The molecule has 0 radical (unpaired) electrons. The topological polar surface area (TPSA) is 114 Å². The van der Waals surface area contributed by atoms with Crippen LogP contribution in [-0.4, -0.2) is 28.2 Å². The second-order valence-corrected chi connectivity index (χ2v) is 7.36. The average molecular weight is 421 g/mol. The van der Waals surface area contributed by atoms with Crippen LogP contribution in [0.3, 0.4) is 0 Å². The molecule has 8 nitrogen and oxygen atoms in total. The molecule has 9 heteroatoms. The molecule has 2 N–H and O–H groups in total. The Labute approximate surface area is 175 Å². The van der Waals surface area contributed by atoms with Crippen molar-refractivity contribution in [1.82, 2.24) is 5.32 Å². The number of benzene rings is 3. The number of amides is 1. The van der Waals surface area contributed by atoms with Crippen LogP contribution in [-0.2, 0) is 4.79 Å². The highest BCUT2D eigenvalue weighted by molar-refractivity contribution is 8.18. The van der Waals surface area contributed by atoms with Gasteiger partial charge in [0.25, 0.3) is 5.91 Å². The quantitative estimate of drug-likeness (QED) is 0.368. The average Bonchev–Trinajstić information content (AvgIpc) is 3.07. The molecule has 1 saturated heterocycles. The summed E-state index contributed by atoms with van der Waals surface area (Å²) in [5.74, 6) is -0.982. The molecule has 0 unspecified atom stereocenters. The lowest BCUT2D eigenvalue weighted by Crippen LogP contribution is -2.19. The molecule has 0 aliphatic carbocycles. The monoisotopic (exact) mass is 421 g/mol. The number of ether oxygens (including phenoxy) is 1. The number of rotatable bonds is 4. The van der Waals surface area contributed by atoms with Gasteiger partial charge in [0, 0.05) is 11.5 Å². The van der Waals surface area contributed by atoms with Crippen LogP contribution in [0.15, 0.2) is 64.5 Å². The summed E-state index contributed by atoms with van der Waals surface area (Å²) in [4.78, 5) is 27.7. The summed E-state index contributed by atoms with van der Waals surface area (Å²) < 4.78 is 4.99. The molecule has 3 aromatic carbocycles. The predicted molar refractivity (Wildman–Crippen MR) is 116 cm³/mol. The number of nitro benzene ring substituents is 1. The summed E-state index contributed by atoms with van der Waals surface area (Å²) in [6.07, 6.45) is 1.49. The summed E-state index contributed by atoms with van der Waals surface area (Å²) in [5, 5.41) is 26.2. The molecule has 0 atom stereocenters. The van der Waals surface area contributed by atoms with E-state index < -0.39 is 16.4 Å². The summed E-state index contributed by atoms with van der Waals surface area (Å²) >= 11 is 1.13. The Bertz CT molecular complexity index is 1250. The maximum Gasteiger partial charge on any atom is 0.315 e. The van der Waals surface area contributed by atoms with Gasteiger partial charge < -0.3 is 15.2 Å². The highest BCUT2D eigenvalue weighted by atomic mass is 32.2. The Morgan fingerprint density at radius 1 is 1.20 bits per heavy atom. The number of hydrogen-bond acceptors (Lipinski definition) is 7. The number of carbonyl (C=O) groups is 1. The largest absolute Gasteiger partial charge is 0.500 e. The number of aromatic hydroxyl groups is 1. The summed E-state index contributed by atoms with van der Waals surface area (Å²) in [6.45, 7) is 0. The van der Waals surface area contributed by atoms with Gasteiger partial charge in [-0.25, -0.2) is 4.99 Å². The first kappa shape index (κ1) is 19.5. The summed E-state index contributed by atoms with van der Waals surface area (Å²) in [5.41, 5.74) is 0.564. The first-order valence-electron chi connectivity index (χ1n) is 8.79. The number of phenols is 1. The van der Waals surface area contributed by atoms with Gasteiger partial charge in [0.1, 0.15) is 0 Å². The molecule has 30 heavy (non-hydrogen) atoms. The van der Waals surface area contributed by atoms with E-state index in [1.165, 1.54) is 25.3 Å². The summed E-state index contributed by atoms with van der Waals surface area (Å²) in [6, 6.07) is 16.1. The second-order valence-electron chi connectivity index (χ2n) is 6.33.